The highest BCUT2D eigenvalue weighted by Gasteiger charge is 2.31. The monoisotopic (exact) mass is 229 g/mol. The predicted molar refractivity (Wildman–Crippen MR) is 55.7 cm³/mol. The molecule has 1 aliphatic rings. The van der Waals surface area contributed by atoms with E-state index in [1.165, 1.54) is 11.9 Å². The first kappa shape index (κ1) is 12.5. The van der Waals surface area contributed by atoms with Gasteiger partial charge in [-0.1, -0.05) is 0 Å². The Morgan fingerprint density at radius 1 is 1.62 bits per heavy atom. The second kappa shape index (κ2) is 5.52. The first-order chi connectivity index (χ1) is 7.56. The van der Waals surface area contributed by atoms with Crippen molar-refractivity contribution in [3.63, 3.8) is 0 Å². The molecule has 0 aromatic rings. The second-order valence-corrected chi connectivity index (χ2v) is 3.57. The number of rotatable bonds is 5. The van der Waals surface area contributed by atoms with Gasteiger partial charge >= 0.3 is 0 Å². The van der Waals surface area contributed by atoms with E-state index in [1.54, 1.807) is 0 Å². The lowest BCUT2D eigenvalue weighted by Gasteiger charge is -2.38. The summed E-state index contributed by atoms with van der Waals surface area (Å²) in [5.74, 6) is -0.759. The van der Waals surface area contributed by atoms with E-state index in [-0.39, 0.29) is 12.3 Å². The van der Waals surface area contributed by atoms with Gasteiger partial charge in [-0.2, -0.15) is 10.1 Å². The summed E-state index contributed by atoms with van der Waals surface area (Å²) in [5, 5.41) is 8.12. The Kier molecular flexibility index (Phi) is 4.32. The van der Waals surface area contributed by atoms with Crippen LogP contribution in [0.4, 0.5) is 0 Å². The average Bonchev–Trinajstić information content (AvgIpc) is 2.25. The first-order valence-electron chi connectivity index (χ1n) is 4.93. The number of primary amides is 1. The molecule has 3 N–H and O–H groups in total. The van der Waals surface area contributed by atoms with Gasteiger partial charge in [0.2, 0.25) is 5.91 Å². The zero-order valence-electron chi connectivity index (χ0n) is 9.05. The van der Waals surface area contributed by atoms with Crippen molar-refractivity contribution >= 4 is 11.7 Å². The molecule has 16 heavy (non-hydrogen) atoms. The molecule has 8 heteroatoms. The normalized spacial score (nSPS) is 21.4. The van der Waals surface area contributed by atoms with Gasteiger partial charge in [-0.15, -0.1) is 4.91 Å². The number of ketones is 1. The molecule has 1 saturated heterocycles. The molecular weight excluding hydrogens is 214 g/mol. The molecule has 1 fully saturated rings. The van der Waals surface area contributed by atoms with Crippen LogP contribution in [0.25, 0.3) is 0 Å². The van der Waals surface area contributed by atoms with Crippen LogP contribution in [0.3, 0.4) is 0 Å². The maximum absolute atomic E-state index is 11.3. The minimum absolute atomic E-state index is 0.0923. The number of piperazine rings is 1. The van der Waals surface area contributed by atoms with E-state index in [9.17, 15) is 14.5 Å². The third kappa shape index (κ3) is 2.97. The number of hydrazine groups is 1. The van der Waals surface area contributed by atoms with Crippen LogP contribution in [0.15, 0.2) is 5.29 Å². The molecule has 0 radical (unpaired) electrons. The Labute approximate surface area is 92.7 Å². The van der Waals surface area contributed by atoms with Gasteiger partial charge in [0.05, 0.1) is 5.29 Å². The number of Topliss-reactive ketones (excluding diaryl/α,β-unsaturated/α-hetero) is 1. The number of carbonyl (C=O) groups excluding carboxylic acids is 2. The van der Waals surface area contributed by atoms with Crippen molar-refractivity contribution in [1.29, 1.82) is 0 Å². The highest BCUT2D eigenvalue weighted by molar-refractivity contribution is 5.82. The summed E-state index contributed by atoms with van der Waals surface area (Å²) in [6.07, 6.45) is 0. The fourth-order valence-corrected chi connectivity index (χ4v) is 1.63. The lowest BCUT2D eigenvalue weighted by atomic mass is 10.1. The highest BCUT2D eigenvalue weighted by atomic mass is 16.3. The van der Waals surface area contributed by atoms with Crippen LogP contribution in [-0.4, -0.2) is 54.0 Å². The average molecular weight is 229 g/mol. The second-order valence-electron chi connectivity index (χ2n) is 3.57. The zero-order chi connectivity index (χ0) is 12.1. The summed E-state index contributed by atoms with van der Waals surface area (Å²) in [6, 6.07) is -0.481. The van der Waals surface area contributed by atoms with Crippen LogP contribution in [-0.2, 0) is 9.59 Å². The van der Waals surface area contributed by atoms with Gasteiger partial charge in [0.15, 0.2) is 0 Å². The Morgan fingerprint density at radius 2 is 2.31 bits per heavy atom. The molecule has 0 aromatic heterocycles. The molecule has 1 rings (SSSR count). The number of nitrogens with one attached hydrogen (secondary N) is 1. The lowest BCUT2D eigenvalue weighted by Crippen LogP contribution is -2.60. The summed E-state index contributed by atoms with van der Waals surface area (Å²) >= 11 is 0. The quantitative estimate of drug-likeness (QED) is 0.427. The van der Waals surface area contributed by atoms with Crippen molar-refractivity contribution in [3.8, 4) is 0 Å². The molecule has 0 saturated carbocycles. The Bertz CT molecular complexity index is 295. The molecule has 0 bridgehead atoms. The molecule has 90 valence electrons. The number of nitrogens with zero attached hydrogens (tertiary/aromatic N) is 3. The number of amides is 1. The zero-order valence-corrected chi connectivity index (χ0v) is 9.05. The SMILES string of the molecule is CC(=O)C1CNCCN1N(CC(N)=O)N=O. The van der Waals surface area contributed by atoms with Crippen molar-refractivity contribution in [3.05, 3.63) is 4.91 Å². The van der Waals surface area contributed by atoms with Crippen LogP contribution < -0.4 is 11.1 Å². The van der Waals surface area contributed by atoms with Gasteiger partial charge in [-0.3, -0.25) is 9.59 Å². The van der Waals surface area contributed by atoms with Crippen molar-refractivity contribution < 1.29 is 9.59 Å². The third-order valence-corrected chi connectivity index (χ3v) is 2.37. The van der Waals surface area contributed by atoms with Gasteiger partial charge in [0, 0.05) is 19.6 Å². The Morgan fingerprint density at radius 3 is 2.81 bits per heavy atom. The maximum Gasteiger partial charge on any atom is 0.240 e. The molecule has 1 atom stereocenters. The number of carbonyl (C=O) groups is 2. The fourth-order valence-electron chi connectivity index (χ4n) is 1.63. The minimum atomic E-state index is -0.666. The highest BCUT2D eigenvalue weighted by Crippen LogP contribution is 2.09. The van der Waals surface area contributed by atoms with Crippen molar-refractivity contribution in [2.24, 2.45) is 11.0 Å². The van der Waals surface area contributed by atoms with Crippen LogP contribution in [0, 0.1) is 4.91 Å². The third-order valence-electron chi connectivity index (χ3n) is 2.37. The molecule has 1 amide bonds. The number of hydrogen-bond donors (Lipinski definition) is 2. The number of hydrogen-bond acceptors (Lipinski definition) is 6. The summed E-state index contributed by atoms with van der Waals surface area (Å²) in [6.45, 7) is 2.60. The van der Waals surface area contributed by atoms with Crippen molar-refractivity contribution in [2.45, 2.75) is 13.0 Å². The van der Waals surface area contributed by atoms with Crippen LogP contribution >= 0.6 is 0 Å². The first-order valence-corrected chi connectivity index (χ1v) is 4.93. The Balaban J connectivity index is 2.75. The largest absolute Gasteiger partial charge is 0.368 e. The standard InChI is InChI=1S/C8H15N5O3/c1-6(14)7-4-10-2-3-12(7)13(11-16)5-8(9)15/h7,10H,2-5H2,1H3,(H2,9,15). The summed E-state index contributed by atoms with van der Waals surface area (Å²) in [5.41, 5.74) is 4.99. The van der Waals surface area contributed by atoms with Gasteiger partial charge in [0.1, 0.15) is 18.4 Å². The predicted octanol–water partition coefficient (Wildman–Crippen LogP) is -1.77. The number of nitrogens with two attached hydrogens (primary N) is 1. The van der Waals surface area contributed by atoms with Crippen LogP contribution in [0.5, 0.6) is 0 Å². The van der Waals surface area contributed by atoms with E-state index < -0.39 is 11.9 Å². The summed E-state index contributed by atoms with van der Waals surface area (Å²) < 4.78 is 0. The molecule has 0 spiro atoms. The maximum atomic E-state index is 11.3. The van der Waals surface area contributed by atoms with Gasteiger partial charge < -0.3 is 11.1 Å². The van der Waals surface area contributed by atoms with Gasteiger partial charge in [-0.05, 0) is 6.92 Å². The van der Waals surface area contributed by atoms with Crippen molar-refractivity contribution in [2.75, 3.05) is 26.2 Å². The molecule has 8 nitrogen and oxygen atoms in total. The minimum Gasteiger partial charge on any atom is -0.368 e. The van der Waals surface area contributed by atoms with E-state index in [2.05, 4.69) is 10.6 Å². The van der Waals surface area contributed by atoms with E-state index in [4.69, 9.17) is 5.73 Å². The van der Waals surface area contributed by atoms with Crippen LogP contribution in [0.1, 0.15) is 6.92 Å². The van der Waals surface area contributed by atoms with Gasteiger partial charge in [0.25, 0.3) is 0 Å². The van der Waals surface area contributed by atoms with E-state index in [1.807, 2.05) is 0 Å². The van der Waals surface area contributed by atoms with Crippen molar-refractivity contribution in [1.82, 2.24) is 15.4 Å². The van der Waals surface area contributed by atoms with Gasteiger partial charge in [-0.25, -0.2) is 0 Å². The molecular formula is C8H15N5O3. The van der Waals surface area contributed by atoms with E-state index in [0.717, 1.165) is 5.12 Å². The Hall–Kier alpha value is -1.54. The topological polar surface area (TPSA) is 108 Å². The molecule has 1 heterocycles. The number of nitroso groups, excluding NO2 is 1. The molecule has 1 aliphatic heterocycles. The summed E-state index contributed by atoms with van der Waals surface area (Å²) in [7, 11) is 0. The van der Waals surface area contributed by atoms with Crippen LogP contribution in [0.2, 0.25) is 0 Å². The molecule has 1 unspecified atom stereocenters. The smallest absolute Gasteiger partial charge is 0.240 e. The fraction of sp³-hybridized carbons (Fsp3) is 0.750. The van der Waals surface area contributed by atoms with E-state index >= 15 is 0 Å². The van der Waals surface area contributed by atoms with E-state index in [0.29, 0.717) is 19.6 Å². The summed E-state index contributed by atoms with van der Waals surface area (Å²) in [4.78, 5) is 32.7. The molecule has 0 aromatic carbocycles. The lowest BCUT2D eigenvalue weighted by molar-refractivity contribution is -0.141. The molecule has 0 aliphatic carbocycles.